The van der Waals surface area contributed by atoms with Crippen molar-refractivity contribution in [1.29, 1.82) is 0 Å². The molecule has 7 atom stereocenters. The first-order chi connectivity index (χ1) is 16.0. The van der Waals surface area contributed by atoms with E-state index in [1.54, 1.807) is 11.0 Å². The number of amides is 2. The number of nitrogens with zero attached hydrogens (tertiary/aromatic N) is 2. The van der Waals surface area contributed by atoms with E-state index in [4.69, 9.17) is 0 Å². The maximum atomic E-state index is 14.7. The highest BCUT2D eigenvalue weighted by Crippen LogP contribution is 2.69. The van der Waals surface area contributed by atoms with E-state index in [0.29, 0.717) is 13.0 Å². The summed E-state index contributed by atoms with van der Waals surface area (Å²) >= 11 is 1.54. The van der Waals surface area contributed by atoms with Gasteiger partial charge in [0.2, 0.25) is 11.8 Å². The number of carboxylic acid groups (broad SMARTS) is 1. The largest absolute Gasteiger partial charge is 0.481 e. The van der Waals surface area contributed by atoms with Crippen LogP contribution in [0.25, 0.3) is 0 Å². The Balaban J connectivity index is 2.19. The summed E-state index contributed by atoms with van der Waals surface area (Å²) in [5.41, 5.74) is -0.556. The quantitative estimate of drug-likeness (QED) is 0.462. The van der Waals surface area contributed by atoms with E-state index in [-0.39, 0.29) is 40.9 Å². The molecule has 198 valence electrons. The van der Waals surface area contributed by atoms with Gasteiger partial charge in [0.05, 0.1) is 29.2 Å². The number of aliphatic hydroxyl groups excluding tert-OH is 1. The third-order valence-electron chi connectivity index (χ3n) is 8.29. The summed E-state index contributed by atoms with van der Waals surface area (Å²) in [6.45, 7) is 20.4. The second kappa shape index (κ2) is 9.40. The lowest BCUT2D eigenvalue weighted by Gasteiger charge is -2.48. The van der Waals surface area contributed by atoms with Crippen molar-refractivity contribution in [2.24, 2.45) is 29.1 Å². The topological polar surface area (TPSA) is 98.2 Å². The molecule has 0 radical (unpaired) electrons. The van der Waals surface area contributed by atoms with Crippen LogP contribution >= 0.6 is 11.8 Å². The second-order valence-corrected chi connectivity index (χ2v) is 14.5. The van der Waals surface area contributed by atoms with Crippen LogP contribution in [0.2, 0.25) is 0 Å². The van der Waals surface area contributed by atoms with Crippen molar-refractivity contribution in [3.05, 3.63) is 12.7 Å². The first-order valence-electron chi connectivity index (χ1n) is 12.8. The Labute approximate surface area is 214 Å². The Morgan fingerprint density at radius 3 is 2.34 bits per heavy atom. The molecule has 0 aromatic carbocycles. The Kier molecular flexibility index (Phi) is 7.53. The summed E-state index contributed by atoms with van der Waals surface area (Å²) in [7, 11) is 0. The third kappa shape index (κ3) is 4.43. The summed E-state index contributed by atoms with van der Waals surface area (Å²) < 4.78 is -0.818. The van der Waals surface area contributed by atoms with Crippen molar-refractivity contribution in [2.45, 2.75) is 95.9 Å². The van der Waals surface area contributed by atoms with Crippen molar-refractivity contribution in [2.75, 3.05) is 13.2 Å². The first kappa shape index (κ1) is 28.0. The van der Waals surface area contributed by atoms with E-state index in [0.717, 1.165) is 6.42 Å². The normalized spacial score (nSPS) is 33.3. The van der Waals surface area contributed by atoms with Gasteiger partial charge >= 0.3 is 5.97 Å². The van der Waals surface area contributed by atoms with Crippen LogP contribution in [0.15, 0.2) is 12.7 Å². The van der Waals surface area contributed by atoms with Crippen molar-refractivity contribution < 1.29 is 24.6 Å². The predicted octanol–water partition coefficient (Wildman–Crippen LogP) is 3.65. The molecule has 35 heavy (non-hydrogen) atoms. The highest BCUT2D eigenvalue weighted by Gasteiger charge is 2.77. The second-order valence-electron chi connectivity index (χ2n) is 12.9. The fraction of sp³-hybridized carbons (Fsp3) is 0.815. The number of carbonyl (C=O) groups excluding carboxylic acids is 2. The first-order valence-corrected chi connectivity index (χ1v) is 13.7. The summed E-state index contributed by atoms with van der Waals surface area (Å²) in [5, 5.41) is 20.3. The molecular weight excluding hydrogens is 464 g/mol. The van der Waals surface area contributed by atoms with Gasteiger partial charge < -0.3 is 20.0 Å². The van der Waals surface area contributed by atoms with Gasteiger partial charge in [-0.15, -0.1) is 18.3 Å². The molecule has 2 bridgehead atoms. The monoisotopic (exact) mass is 508 g/mol. The van der Waals surface area contributed by atoms with Gasteiger partial charge in [-0.2, -0.15) is 0 Å². The highest BCUT2D eigenvalue weighted by atomic mass is 32.2. The molecule has 2 N–H and O–H groups in total. The van der Waals surface area contributed by atoms with Crippen molar-refractivity contribution in [3.8, 4) is 0 Å². The Morgan fingerprint density at radius 2 is 1.89 bits per heavy atom. The zero-order valence-corrected chi connectivity index (χ0v) is 23.4. The standard InChI is InChI=1S/C27H44N2O5S/c1-10-11-28(26(8,9)14-25(5,6)7)23(32)21-27-16(4)12-18(35-27)19(24(33)34)20(27)22(31)29(21)17(13-30)15(2)3/h10,15-21,30H,1,11-14H2,2-9H3,(H,33,34)/t16?,17-,18-,19+,20-,21?,27?/m0/s1. The number of aliphatic hydroxyl groups is 1. The summed E-state index contributed by atoms with van der Waals surface area (Å²) in [6, 6.07) is -1.39. The Bertz CT molecular complexity index is 881. The van der Waals surface area contributed by atoms with Gasteiger partial charge in [0, 0.05) is 17.3 Å². The van der Waals surface area contributed by atoms with Gasteiger partial charge in [-0.3, -0.25) is 14.4 Å². The predicted molar refractivity (Wildman–Crippen MR) is 139 cm³/mol. The molecule has 0 saturated carbocycles. The average Bonchev–Trinajstić information content (AvgIpc) is 3.28. The van der Waals surface area contributed by atoms with Gasteiger partial charge in [-0.1, -0.05) is 47.6 Å². The lowest BCUT2D eigenvalue weighted by molar-refractivity contribution is -0.151. The summed E-state index contributed by atoms with van der Waals surface area (Å²) in [4.78, 5) is 44.5. The molecule has 3 aliphatic rings. The van der Waals surface area contributed by atoms with Crippen LogP contribution in [0, 0.1) is 29.1 Å². The average molecular weight is 509 g/mol. The number of fused-ring (bicyclic) bond motifs is 1. The Hall–Kier alpha value is -1.54. The molecule has 1 spiro atoms. The van der Waals surface area contributed by atoms with Crippen LogP contribution < -0.4 is 0 Å². The number of likely N-dealkylation sites (tertiary alicyclic amines) is 1. The maximum absolute atomic E-state index is 14.7. The molecular formula is C27H44N2O5S. The molecule has 3 fully saturated rings. The van der Waals surface area contributed by atoms with Crippen LogP contribution in [0.5, 0.6) is 0 Å². The molecule has 3 unspecified atom stereocenters. The van der Waals surface area contributed by atoms with Crippen molar-refractivity contribution in [3.63, 3.8) is 0 Å². The molecule has 2 amide bonds. The lowest BCUT2D eigenvalue weighted by atomic mass is 9.66. The minimum absolute atomic E-state index is 0.00353. The van der Waals surface area contributed by atoms with E-state index in [2.05, 4.69) is 34.3 Å². The molecule has 3 heterocycles. The van der Waals surface area contributed by atoms with Gasteiger partial charge in [0.1, 0.15) is 6.04 Å². The van der Waals surface area contributed by atoms with Crippen LogP contribution in [0.3, 0.4) is 0 Å². The molecule has 0 aliphatic carbocycles. The Morgan fingerprint density at radius 1 is 1.29 bits per heavy atom. The van der Waals surface area contributed by atoms with E-state index in [1.807, 2.05) is 32.6 Å². The fourth-order valence-electron chi connectivity index (χ4n) is 7.30. The minimum atomic E-state index is -0.969. The van der Waals surface area contributed by atoms with Crippen LogP contribution in [0.1, 0.15) is 68.2 Å². The number of hydrogen-bond donors (Lipinski definition) is 2. The smallest absolute Gasteiger partial charge is 0.308 e. The number of aliphatic carboxylic acids is 1. The highest BCUT2D eigenvalue weighted by molar-refractivity contribution is 8.02. The SMILES string of the molecule is C=CCN(C(=O)C1N([C@@H](CO)C(C)C)C(=O)[C@@H]2[C@H](C(=O)O)[C@@H]3CC(C)C12S3)C(C)(C)CC(C)(C)C. The van der Waals surface area contributed by atoms with E-state index < -0.39 is 40.2 Å². The number of carbonyl (C=O) groups is 3. The fourth-order valence-corrected chi connectivity index (χ4v) is 9.70. The molecule has 3 saturated heterocycles. The van der Waals surface area contributed by atoms with E-state index >= 15 is 0 Å². The number of thioether (sulfide) groups is 1. The van der Waals surface area contributed by atoms with Crippen molar-refractivity contribution >= 4 is 29.5 Å². The number of rotatable bonds is 9. The maximum Gasteiger partial charge on any atom is 0.308 e. The van der Waals surface area contributed by atoms with E-state index in [1.165, 1.54) is 11.8 Å². The molecule has 0 aromatic rings. The minimum Gasteiger partial charge on any atom is -0.481 e. The third-order valence-corrected chi connectivity index (χ3v) is 10.4. The van der Waals surface area contributed by atoms with E-state index in [9.17, 15) is 24.6 Å². The molecule has 3 aliphatic heterocycles. The summed E-state index contributed by atoms with van der Waals surface area (Å²) in [6.07, 6.45) is 3.13. The van der Waals surface area contributed by atoms with Gasteiger partial charge in [0.15, 0.2) is 0 Å². The van der Waals surface area contributed by atoms with Gasteiger partial charge in [-0.05, 0) is 43.9 Å². The van der Waals surface area contributed by atoms with Crippen LogP contribution in [-0.2, 0) is 14.4 Å². The van der Waals surface area contributed by atoms with Gasteiger partial charge in [-0.25, -0.2) is 0 Å². The zero-order valence-electron chi connectivity index (χ0n) is 22.6. The van der Waals surface area contributed by atoms with Gasteiger partial charge in [0.25, 0.3) is 0 Å². The molecule has 8 heteroatoms. The summed E-state index contributed by atoms with van der Waals surface area (Å²) in [5.74, 6) is -3.10. The number of hydrogen-bond acceptors (Lipinski definition) is 5. The molecule has 3 rings (SSSR count). The van der Waals surface area contributed by atoms with Crippen molar-refractivity contribution in [1.82, 2.24) is 9.80 Å². The zero-order chi connectivity index (χ0) is 26.7. The lowest BCUT2D eigenvalue weighted by Crippen LogP contribution is -2.63. The molecule has 7 nitrogen and oxygen atoms in total. The van der Waals surface area contributed by atoms with Crippen LogP contribution in [-0.4, -0.2) is 78.6 Å². The molecule has 0 aromatic heterocycles. The number of carboxylic acids is 1. The van der Waals surface area contributed by atoms with Crippen LogP contribution in [0.4, 0.5) is 0 Å².